The minimum atomic E-state index is 0.122. The van der Waals surface area contributed by atoms with Crippen molar-refractivity contribution in [3.05, 3.63) is 40.9 Å². The van der Waals surface area contributed by atoms with Gasteiger partial charge >= 0.3 is 0 Å². The fraction of sp³-hybridized carbons (Fsp3) is 0.500. The predicted molar refractivity (Wildman–Crippen MR) is 81.0 cm³/mol. The van der Waals surface area contributed by atoms with Crippen molar-refractivity contribution in [2.45, 2.75) is 38.0 Å². The second-order valence-electron chi connectivity index (χ2n) is 5.58. The van der Waals surface area contributed by atoms with E-state index in [4.69, 9.17) is 22.1 Å². The molecule has 2 nitrogen and oxygen atoms in total. The van der Waals surface area contributed by atoms with Crippen LogP contribution in [0, 0.1) is 0 Å². The third-order valence-electron chi connectivity index (χ3n) is 3.97. The lowest BCUT2D eigenvalue weighted by atomic mass is 9.79. The zero-order valence-corrected chi connectivity index (χ0v) is 12.3. The van der Waals surface area contributed by atoms with E-state index in [1.54, 1.807) is 0 Å². The molecule has 1 aliphatic rings. The molecule has 0 amide bonds. The van der Waals surface area contributed by atoms with Crippen LogP contribution < -0.4 is 10.5 Å². The molecule has 1 aromatic carbocycles. The zero-order chi connectivity index (χ0) is 13.9. The molecule has 2 rings (SSSR count). The van der Waals surface area contributed by atoms with Gasteiger partial charge in [-0.15, -0.1) is 0 Å². The van der Waals surface area contributed by atoms with Crippen LogP contribution in [0.15, 0.2) is 30.4 Å². The molecule has 19 heavy (non-hydrogen) atoms. The molecule has 0 aromatic heterocycles. The van der Waals surface area contributed by atoms with Gasteiger partial charge in [0.15, 0.2) is 0 Å². The van der Waals surface area contributed by atoms with Crippen LogP contribution in [-0.2, 0) is 5.41 Å². The molecule has 1 aromatic rings. The van der Waals surface area contributed by atoms with E-state index in [0.717, 1.165) is 24.2 Å². The highest BCUT2D eigenvalue weighted by Gasteiger charge is 2.34. The van der Waals surface area contributed by atoms with Crippen LogP contribution in [0.25, 0.3) is 0 Å². The maximum absolute atomic E-state index is 6.31. The van der Waals surface area contributed by atoms with Crippen molar-refractivity contribution >= 4 is 11.6 Å². The fourth-order valence-corrected chi connectivity index (χ4v) is 3.05. The molecule has 104 valence electrons. The van der Waals surface area contributed by atoms with Gasteiger partial charge in [0.1, 0.15) is 12.4 Å². The summed E-state index contributed by atoms with van der Waals surface area (Å²) in [5.41, 5.74) is 8.35. The average molecular weight is 280 g/mol. The van der Waals surface area contributed by atoms with Crippen molar-refractivity contribution in [3.63, 3.8) is 0 Å². The maximum Gasteiger partial charge on any atom is 0.138 e. The summed E-state index contributed by atoms with van der Waals surface area (Å²) in [6.45, 7) is 6.95. The van der Waals surface area contributed by atoms with Gasteiger partial charge < -0.3 is 10.5 Å². The van der Waals surface area contributed by atoms with E-state index < -0.39 is 0 Å². The van der Waals surface area contributed by atoms with E-state index in [1.807, 2.05) is 19.1 Å². The number of nitrogens with two attached hydrogens (primary N) is 1. The molecule has 3 heteroatoms. The summed E-state index contributed by atoms with van der Waals surface area (Å²) in [6.07, 6.45) is 4.82. The third-order valence-corrected chi connectivity index (χ3v) is 4.27. The number of benzene rings is 1. The fourth-order valence-electron chi connectivity index (χ4n) is 2.81. The van der Waals surface area contributed by atoms with Crippen molar-refractivity contribution < 1.29 is 4.74 Å². The van der Waals surface area contributed by atoms with Crippen molar-refractivity contribution in [1.29, 1.82) is 0 Å². The molecular weight excluding hydrogens is 258 g/mol. The van der Waals surface area contributed by atoms with Crippen LogP contribution in [0.1, 0.15) is 38.2 Å². The third kappa shape index (κ3) is 3.13. The number of hydrogen-bond donors (Lipinski definition) is 1. The first-order chi connectivity index (χ1) is 9.07. The van der Waals surface area contributed by atoms with Gasteiger partial charge in [-0.2, -0.15) is 0 Å². The Morgan fingerprint density at radius 3 is 2.63 bits per heavy atom. The summed E-state index contributed by atoms with van der Waals surface area (Å²) in [4.78, 5) is 0. The van der Waals surface area contributed by atoms with Crippen LogP contribution in [0.4, 0.5) is 0 Å². The van der Waals surface area contributed by atoms with Crippen LogP contribution in [0.3, 0.4) is 0 Å². The van der Waals surface area contributed by atoms with Gasteiger partial charge in [-0.05, 0) is 43.0 Å². The van der Waals surface area contributed by atoms with Crippen LogP contribution >= 0.6 is 11.6 Å². The smallest absolute Gasteiger partial charge is 0.138 e. The molecule has 0 aliphatic heterocycles. The number of hydrogen-bond acceptors (Lipinski definition) is 2. The van der Waals surface area contributed by atoms with Crippen LogP contribution in [0.5, 0.6) is 5.75 Å². The highest BCUT2D eigenvalue weighted by Crippen LogP contribution is 2.42. The largest absolute Gasteiger partial charge is 0.488 e. The van der Waals surface area contributed by atoms with Gasteiger partial charge in [0.25, 0.3) is 0 Å². The van der Waals surface area contributed by atoms with Gasteiger partial charge in [0.2, 0.25) is 0 Å². The molecule has 0 saturated heterocycles. The van der Waals surface area contributed by atoms with Gasteiger partial charge in [-0.3, -0.25) is 0 Å². The van der Waals surface area contributed by atoms with Gasteiger partial charge in [-0.25, -0.2) is 0 Å². The predicted octanol–water partition coefficient (Wildman–Crippen LogP) is 4.07. The molecule has 0 atom stereocenters. The summed E-state index contributed by atoms with van der Waals surface area (Å²) in [6, 6.07) is 6.08. The lowest BCUT2D eigenvalue weighted by Crippen LogP contribution is -2.31. The first-order valence-electron chi connectivity index (χ1n) is 6.85. The molecule has 1 fully saturated rings. The van der Waals surface area contributed by atoms with Crippen LogP contribution in [-0.4, -0.2) is 13.2 Å². The Morgan fingerprint density at radius 1 is 1.42 bits per heavy atom. The first-order valence-corrected chi connectivity index (χ1v) is 7.22. The standard InChI is InChI=1S/C16H22ClNO/c1-12(2)10-19-15-6-5-13(9-14(15)17)16(11-18)7-3-4-8-16/h5-6,9H,1,3-4,7-8,10-11,18H2,2H3. The van der Waals surface area contributed by atoms with E-state index in [0.29, 0.717) is 18.2 Å². The molecular formula is C16H22ClNO. The Balaban J connectivity index is 2.20. The summed E-state index contributed by atoms with van der Waals surface area (Å²) in [5.74, 6) is 0.721. The van der Waals surface area contributed by atoms with E-state index in [1.165, 1.54) is 18.4 Å². The molecule has 0 bridgehead atoms. The number of rotatable bonds is 5. The molecule has 1 aliphatic carbocycles. The highest BCUT2D eigenvalue weighted by atomic mass is 35.5. The van der Waals surface area contributed by atoms with E-state index >= 15 is 0 Å². The monoisotopic (exact) mass is 279 g/mol. The number of halogens is 1. The van der Waals surface area contributed by atoms with Crippen molar-refractivity contribution in [3.8, 4) is 5.75 Å². The van der Waals surface area contributed by atoms with Crippen molar-refractivity contribution in [2.75, 3.05) is 13.2 Å². The summed E-state index contributed by atoms with van der Waals surface area (Å²) in [7, 11) is 0. The Hall–Kier alpha value is -0.990. The Bertz CT molecular complexity index is 464. The van der Waals surface area contributed by atoms with Crippen LogP contribution in [0.2, 0.25) is 5.02 Å². The second-order valence-corrected chi connectivity index (χ2v) is 5.99. The van der Waals surface area contributed by atoms with Gasteiger partial charge in [-0.1, -0.05) is 37.1 Å². The van der Waals surface area contributed by atoms with E-state index in [2.05, 4.69) is 12.6 Å². The quantitative estimate of drug-likeness (QED) is 0.825. The normalized spacial score (nSPS) is 17.4. The lowest BCUT2D eigenvalue weighted by molar-refractivity contribution is 0.352. The van der Waals surface area contributed by atoms with E-state index in [9.17, 15) is 0 Å². The molecule has 0 heterocycles. The molecule has 0 unspecified atom stereocenters. The van der Waals surface area contributed by atoms with Gasteiger partial charge in [0, 0.05) is 12.0 Å². The first kappa shape index (κ1) is 14.4. The van der Waals surface area contributed by atoms with Gasteiger partial charge in [0.05, 0.1) is 5.02 Å². The summed E-state index contributed by atoms with van der Waals surface area (Å²) < 4.78 is 5.62. The Morgan fingerprint density at radius 2 is 2.11 bits per heavy atom. The minimum Gasteiger partial charge on any atom is -0.488 e. The van der Waals surface area contributed by atoms with E-state index in [-0.39, 0.29) is 5.41 Å². The minimum absolute atomic E-state index is 0.122. The lowest BCUT2D eigenvalue weighted by Gasteiger charge is -2.28. The average Bonchev–Trinajstić information content (AvgIpc) is 2.87. The maximum atomic E-state index is 6.31. The summed E-state index contributed by atoms with van der Waals surface area (Å²) in [5, 5.41) is 0.665. The zero-order valence-electron chi connectivity index (χ0n) is 11.5. The number of ether oxygens (including phenoxy) is 1. The van der Waals surface area contributed by atoms with Crippen molar-refractivity contribution in [2.24, 2.45) is 5.73 Å². The second kappa shape index (κ2) is 5.98. The molecule has 0 spiro atoms. The SMILES string of the molecule is C=C(C)COc1ccc(C2(CN)CCCC2)cc1Cl. The molecule has 0 radical (unpaired) electrons. The molecule has 2 N–H and O–H groups in total. The molecule has 1 saturated carbocycles. The summed E-state index contributed by atoms with van der Waals surface area (Å²) >= 11 is 6.31. The van der Waals surface area contributed by atoms with Crippen molar-refractivity contribution in [1.82, 2.24) is 0 Å². The topological polar surface area (TPSA) is 35.2 Å². The Kier molecular flexibility index (Phi) is 4.54. The highest BCUT2D eigenvalue weighted by molar-refractivity contribution is 6.32. The Labute approximate surface area is 120 Å².